The summed E-state index contributed by atoms with van der Waals surface area (Å²) in [5, 5.41) is 7.80. The maximum Gasteiger partial charge on any atom is 0.164 e. The van der Waals surface area contributed by atoms with E-state index in [9.17, 15) is 0 Å². The van der Waals surface area contributed by atoms with Crippen LogP contribution in [0.4, 0.5) is 0 Å². The van der Waals surface area contributed by atoms with E-state index in [2.05, 4.69) is 189 Å². The van der Waals surface area contributed by atoms with E-state index >= 15 is 0 Å². The van der Waals surface area contributed by atoms with Crippen LogP contribution in [0.5, 0.6) is 0 Å². The largest absolute Gasteiger partial charge is 0.501 e. The number of nitrogens with zero attached hydrogens (tertiary/aromatic N) is 5. The maximum absolute atomic E-state index is 7.23. The fourth-order valence-electron chi connectivity index (χ4n) is 8.17. The van der Waals surface area contributed by atoms with Crippen molar-refractivity contribution in [3.8, 4) is 56.7 Å². The van der Waals surface area contributed by atoms with E-state index < -0.39 is 39.1 Å². The number of aromatic nitrogens is 5. The van der Waals surface area contributed by atoms with E-state index in [0.717, 1.165) is 61.1 Å². The minimum absolute atomic E-state index is 0. The van der Waals surface area contributed by atoms with E-state index in [1.165, 1.54) is 32.5 Å². The van der Waals surface area contributed by atoms with Gasteiger partial charge in [0.15, 0.2) is 17.5 Å². The first-order valence-electron chi connectivity index (χ1n) is 25.8. The molecular weight excluding hydrogens is 1110 g/mol. The van der Waals surface area contributed by atoms with Gasteiger partial charge in [-0.15, -0.1) is 54.1 Å². The van der Waals surface area contributed by atoms with Gasteiger partial charge in [-0.05, 0) is 40.8 Å². The summed E-state index contributed by atoms with van der Waals surface area (Å²) in [6, 6.07) is 46.2. The molecule has 71 heavy (non-hydrogen) atoms. The van der Waals surface area contributed by atoms with Crippen LogP contribution in [0.3, 0.4) is 0 Å². The molecule has 0 unspecified atom stereocenters. The van der Waals surface area contributed by atoms with Crippen molar-refractivity contribution in [1.82, 2.24) is 24.9 Å². The first-order valence-corrected chi connectivity index (χ1v) is 38.3. The molecule has 9 aromatic rings. The molecule has 9 rings (SSSR count). The van der Waals surface area contributed by atoms with Gasteiger partial charge >= 0.3 is 0 Å². The molecule has 0 atom stereocenters. The van der Waals surface area contributed by atoms with Crippen molar-refractivity contribution >= 4 is 75.0 Å². The molecule has 0 saturated carbocycles. The molecule has 0 fully saturated rings. The van der Waals surface area contributed by atoms with Crippen molar-refractivity contribution in [2.75, 3.05) is 0 Å². The Hall–Kier alpha value is -5.27. The number of furan rings is 1. The molecule has 0 aliphatic carbocycles. The molecule has 1 radical (unpaired) electrons. The summed E-state index contributed by atoms with van der Waals surface area (Å²) in [4.78, 5) is 25.0. The van der Waals surface area contributed by atoms with E-state index in [4.69, 9.17) is 28.5 Å². The number of benzene rings is 5. The average Bonchev–Trinajstić information content (AvgIpc) is 3.71. The number of aryl methyl sites for hydroxylation is 1. The smallest absolute Gasteiger partial charge is 0.164 e. The van der Waals surface area contributed by atoms with Crippen LogP contribution in [0.2, 0.25) is 78.6 Å². The number of rotatable bonds is 9. The van der Waals surface area contributed by atoms with Crippen LogP contribution in [-0.2, 0) is 25.5 Å². The third-order valence-corrected chi connectivity index (χ3v) is 20.9. The molecule has 4 heterocycles. The average molecular weight is 1180 g/mol. The number of fused-ring (bicyclic) bond motifs is 3. The molecule has 0 spiro atoms. The van der Waals surface area contributed by atoms with E-state index in [1.807, 2.05) is 30.5 Å². The van der Waals surface area contributed by atoms with Gasteiger partial charge in [0, 0.05) is 58.7 Å². The normalized spacial score (nSPS) is 13.2. The van der Waals surface area contributed by atoms with Crippen LogP contribution in [0.15, 0.2) is 132 Å². The Bertz CT molecular complexity index is 3300. The second-order valence-corrected chi connectivity index (χ2v) is 44.0. The van der Waals surface area contributed by atoms with Gasteiger partial charge in [-0.3, -0.25) is 0 Å². The van der Waals surface area contributed by atoms with Gasteiger partial charge in [-0.25, -0.2) is 15.0 Å². The van der Waals surface area contributed by atoms with Crippen molar-refractivity contribution in [2.24, 2.45) is 0 Å². The zero-order chi connectivity index (χ0) is 53.1. The third-order valence-electron chi connectivity index (χ3n) is 12.8. The Balaban J connectivity index is 0.000000400. The second kappa shape index (κ2) is 20.3. The van der Waals surface area contributed by atoms with Gasteiger partial charge in [0.1, 0.15) is 5.58 Å². The first-order chi connectivity index (χ1) is 33.9. The van der Waals surface area contributed by atoms with Gasteiger partial charge in [0.05, 0.1) is 37.9 Å². The summed E-state index contributed by atoms with van der Waals surface area (Å²) < 4.78 is 28.4. The molecule has 0 saturated heterocycles. The minimum Gasteiger partial charge on any atom is -0.501 e. The van der Waals surface area contributed by atoms with Crippen LogP contribution >= 0.6 is 0 Å². The standard InChI is InChI=1S/C48H59N4OSi4.C12H10N.Ir/c1-48(2,3)34-20-22-42(49-30-34)41-18-16-17-40-39-21-19-31(27-43(39)53-44(40)41)45-50-46(32-23-35(54(4,5)6)28-36(24-32)55(7,8)9)52-47(51-45)33-25-37(56(10,11)12)29-38(26-33)57(13,14)15;1-10-7-8-12(13-9-10)11-5-3-2-4-6-11;/h16-17,19-30H,1-15H3;2-5,7-9H,1H3;/q2*-1;/i;1D3;. The van der Waals surface area contributed by atoms with Gasteiger partial charge in [0.2, 0.25) is 0 Å². The number of pyridine rings is 2. The zero-order valence-electron chi connectivity index (χ0n) is 47.1. The second-order valence-electron chi connectivity index (χ2n) is 23.7. The molecule has 0 aliphatic rings. The van der Waals surface area contributed by atoms with Crippen LogP contribution < -0.4 is 20.7 Å². The molecule has 6 nitrogen and oxygen atoms in total. The Morgan fingerprint density at radius 3 is 1.49 bits per heavy atom. The molecule has 0 N–H and O–H groups in total. The quantitative estimate of drug-likeness (QED) is 0.106. The summed E-state index contributed by atoms with van der Waals surface area (Å²) in [5.74, 6) is 2.08. The summed E-state index contributed by atoms with van der Waals surface area (Å²) in [6.45, 7) is 33.6. The summed E-state index contributed by atoms with van der Waals surface area (Å²) in [7, 11) is -6.67. The summed E-state index contributed by atoms with van der Waals surface area (Å²) in [5.41, 5.74) is 9.35. The van der Waals surface area contributed by atoms with Gasteiger partial charge in [-0.2, -0.15) is 0 Å². The Morgan fingerprint density at radius 2 is 1.04 bits per heavy atom. The minimum atomic E-state index is -2.09. The van der Waals surface area contributed by atoms with Gasteiger partial charge in [-0.1, -0.05) is 204 Å². The Labute approximate surface area is 444 Å². The molecule has 0 aliphatic heterocycles. The maximum atomic E-state index is 7.23. The van der Waals surface area contributed by atoms with E-state index in [1.54, 1.807) is 18.2 Å². The summed E-state index contributed by atoms with van der Waals surface area (Å²) in [6.07, 6.45) is 3.36. The molecular formula is C60H69IrN5OSi4-2. The monoisotopic (exact) mass is 1180 g/mol. The molecule has 5 aromatic carbocycles. The molecule has 11 heteroatoms. The third kappa shape index (κ3) is 12.3. The SMILES string of the molecule is CC(C)(C)c1ccc(-c2[c-]ccc3c2oc2cc(-c4nc(-c5cc([Si](C)(C)C)cc([Si](C)(C)C)c5)nc(-c5cc([Si](C)(C)C)cc([Si](C)(C)C)c5)n4)ccc23)nc1.[2H]C([2H])([2H])c1ccc(-c2[c-]cccc2)nc1.[Ir]. The van der Waals surface area contributed by atoms with Gasteiger partial charge < -0.3 is 14.4 Å². The van der Waals surface area contributed by atoms with E-state index in [-0.39, 0.29) is 31.1 Å². The fraction of sp³-hybridized carbons (Fsp3) is 0.283. The van der Waals surface area contributed by atoms with Crippen LogP contribution in [0.25, 0.3) is 78.6 Å². The number of hydrogen-bond acceptors (Lipinski definition) is 6. The molecule has 0 bridgehead atoms. The molecule has 367 valence electrons. The van der Waals surface area contributed by atoms with Crippen molar-refractivity contribution in [2.45, 2.75) is 112 Å². The summed E-state index contributed by atoms with van der Waals surface area (Å²) >= 11 is 0. The Kier molecular flexibility index (Phi) is 14.1. The first kappa shape index (κ1) is 49.3. The van der Waals surface area contributed by atoms with Crippen molar-refractivity contribution < 1.29 is 28.6 Å². The van der Waals surface area contributed by atoms with E-state index in [0.29, 0.717) is 17.5 Å². The molecule has 0 amide bonds. The van der Waals surface area contributed by atoms with Crippen LogP contribution in [-0.4, -0.2) is 57.2 Å². The van der Waals surface area contributed by atoms with Gasteiger partial charge in [0.25, 0.3) is 0 Å². The fourth-order valence-corrected chi connectivity index (χ4v) is 13.2. The topological polar surface area (TPSA) is 77.6 Å². The van der Waals surface area contributed by atoms with Crippen LogP contribution in [0.1, 0.15) is 36.0 Å². The predicted octanol–water partition coefficient (Wildman–Crippen LogP) is 14.0. The van der Waals surface area contributed by atoms with Crippen molar-refractivity contribution in [3.05, 3.63) is 151 Å². The number of hydrogen-bond donors (Lipinski definition) is 0. The van der Waals surface area contributed by atoms with Crippen LogP contribution in [0, 0.1) is 19.0 Å². The zero-order valence-corrected chi connectivity index (χ0v) is 50.5. The van der Waals surface area contributed by atoms with Crippen molar-refractivity contribution in [1.29, 1.82) is 0 Å². The van der Waals surface area contributed by atoms with Crippen molar-refractivity contribution in [3.63, 3.8) is 0 Å². The predicted molar refractivity (Wildman–Crippen MR) is 309 cm³/mol. The molecule has 4 aromatic heterocycles. The Morgan fingerprint density at radius 1 is 0.507 bits per heavy atom.